The number of hydrogen-bond donors (Lipinski definition) is 3. The van der Waals surface area contributed by atoms with E-state index in [1.807, 2.05) is 0 Å². The largest absolute Gasteiger partial charge is 0.387 e. The van der Waals surface area contributed by atoms with Crippen molar-refractivity contribution in [1.29, 1.82) is 0 Å². The van der Waals surface area contributed by atoms with Crippen LogP contribution >= 0.6 is 0 Å². The second kappa shape index (κ2) is 27.0. The quantitative estimate of drug-likeness (QED) is 0.0580. The number of carbonyl (C=O) groups excluding carboxylic acids is 1. The maximum atomic E-state index is 12.4. The molecule has 228 valence electrons. The van der Waals surface area contributed by atoms with Crippen LogP contribution in [0.1, 0.15) is 110 Å². The van der Waals surface area contributed by atoms with Crippen molar-refractivity contribution in [3.05, 3.63) is 72.9 Å². The Morgan fingerprint density at radius 1 is 0.700 bits per heavy atom. The molecular formula is C33H55NO5S. The Bertz CT molecular complexity index is 900. The van der Waals surface area contributed by atoms with Gasteiger partial charge in [0.25, 0.3) is 10.1 Å². The monoisotopic (exact) mass is 577 g/mol. The van der Waals surface area contributed by atoms with Crippen LogP contribution in [0.3, 0.4) is 0 Å². The number of aliphatic hydroxyl groups is 1. The van der Waals surface area contributed by atoms with Gasteiger partial charge in [0.05, 0.1) is 17.9 Å². The number of aliphatic hydroxyl groups excluding tert-OH is 1. The average molecular weight is 578 g/mol. The Labute approximate surface area is 244 Å². The Balaban J connectivity index is 4.27. The third kappa shape index (κ3) is 27.4. The van der Waals surface area contributed by atoms with E-state index in [0.717, 1.165) is 64.2 Å². The summed E-state index contributed by atoms with van der Waals surface area (Å²) in [6.45, 7) is 4.31. The summed E-state index contributed by atoms with van der Waals surface area (Å²) in [7, 11) is -4.36. The number of carbonyl (C=O) groups is 1. The van der Waals surface area contributed by atoms with E-state index >= 15 is 0 Å². The van der Waals surface area contributed by atoms with Crippen molar-refractivity contribution >= 4 is 16.0 Å². The molecule has 0 aromatic heterocycles. The van der Waals surface area contributed by atoms with Crippen LogP contribution in [0.2, 0.25) is 0 Å². The van der Waals surface area contributed by atoms with Gasteiger partial charge in [-0.05, 0) is 70.6 Å². The van der Waals surface area contributed by atoms with Crippen molar-refractivity contribution < 1.29 is 22.9 Å². The van der Waals surface area contributed by atoms with Gasteiger partial charge in [0.15, 0.2) is 0 Å². The third-order valence-corrected chi connectivity index (χ3v) is 6.87. The second-order valence-corrected chi connectivity index (χ2v) is 11.5. The maximum Gasteiger partial charge on any atom is 0.267 e. The molecule has 2 unspecified atom stereocenters. The van der Waals surface area contributed by atoms with Gasteiger partial charge in [-0.25, -0.2) is 0 Å². The minimum absolute atomic E-state index is 0.245. The van der Waals surface area contributed by atoms with Gasteiger partial charge in [0, 0.05) is 6.42 Å². The van der Waals surface area contributed by atoms with Crippen LogP contribution < -0.4 is 5.32 Å². The molecule has 0 saturated heterocycles. The Kier molecular flexibility index (Phi) is 25.5. The summed E-state index contributed by atoms with van der Waals surface area (Å²) in [4.78, 5) is 12.4. The minimum atomic E-state index is -4.36. The van der Waals surface area contributed by atoms with Crippen LogP contribution in [-0.4, -0.2) is 41.9 Å². The fourth-order valence-electron chi connectivity index (χ4n) is 3.83. The van der Waals surface area contributed by atoms with E-state index in [1.165, 1.54) is 18.9 Å². The summed E-state index contributed by atoms with van der Waals surface area (Å²) in [5.41, 5.74) is 0. The Hall–Kier alpha value is -2.22. The van der Waals surface area contributed by atoms with E-state index in [1.54, 1.807) is 6.08 Å². The van der Waals surface area contributed by atoms with Crippen molar-refractivity contribution in [3.8, 4) is 0 Å². The highest BCUT2D eigenvalue weighted by atomic mass is 32.2. The molecule has 0 aromatic carbocycles. The number of rotatable bonds is 25. The van der Waals surface area contributed by atoms with Gasteiger partial charge < -0.3 is 10.4 Å². The number of hydrogen-bond acceptors (Lipinski definition) is 4. The van der Waals surface area contributed by atoms with E-state index in [9.17, 15) is 22.9 Å². The molecule has 0 spiro atoms. The molecule has 2 atom stereocenters. The summed E-state index contributed by atoms with van der Waals surface area (Å²) < 4.78 is 32.1. The lowest BCUT2D eigenvalue weighted by Gasteiger charge is -2.21. The molecule has 3 N–H and O–H groups in total. The van der Waals surface area contributed by atoms with Gasteiger partial charge in [-0.2, -0.15) is 8.42 Å². The zero-order chi connectivity index (χ0) is 29.7. The Morgan fingerprint density at radius 2 is 1.23 bits per heavy atom. The molecule has 0 aliphatic heterocycles. The fraction of sp³-hybridized carbons (Fsp3) is 0.606. The molecule has 0 radical (unpaired) electrons. The van der Waals surface area contributed by atoms with Crippen LogP contribution in [-0.2, 0) is 14.9 Å². The predicted octanol–water partition coefficient (Wildman–Crippen LogP) is 7.95. The van der Waals surface area contributed by atoms with Crippen LogP contribution in [0.25, 0.3) is 0 Å². The molecule has 0 aliphatic carbocycles. The summed E-state index contributed by atoms with van der Waals surface area (Å²) in [5, 5.41) is 13.0. The number of amides is 1. The molecule has 7 heteroatoms. The molecule has 0 heterocycles. The van der Waals surface area contributed by atoms with Crippen LogP contribution in [0, 0.1) is 0 Å². The molecular weight excluding hydrogens is 522 g/mol. The van der Waals surface area contributed by atoms with Crippen LogP contribution in [0.4, 0.5) is 0 Å². The van der Waals surface area contributed by atoms with E-state index < -0.39 is 28.0 Å². The zero-order valence-electron chi connectivity index (χ0n) is 24.9. The normalized spacial score (nSPS) is 14.6. The van der Waals surface area contributed by atoms with Crippen molar-refractivity contribution in [3.63, 3.8) is 0 Å². The predicted molar refractivity (Wildman–Crippen MR) is 170 cm³/mol. The van der Waals surface area contributed by atoms with Crippen molar-refractivity contribution in [1.82, 2.24) is 5.32 Å². The van der Waals surface area contributed by atoms with Crippen molar-refractivity contribution in [2.45, 2.75) is 122 Å². The molecule has 0 saturated carbocycles. The molecule has 0 fully saturated rings. The molecule has 0 bridgehead atoms. The molecule has 40 heavy (non-hydrogen) atoms. The highest BCUT2D eigenvalue weighted by Crippen LogP contribution is 2.07. The first-order valence-electron chi connectivity index (χ1n) is 15.1. The van der Waals surface area contributed by atoms with E-state index in [0.29, 0.717) is 12.8 Å². The molecule has 6 nitrogen and oxygen atoms in total. The Morgan fingerprint density at radius 3 is 1.82 bits per heavy atom. The van der Waals surface area contributed by atoms with Gasteiger partial charge in [0.1, 0.15) is 0 Å². The van der Waals surface area contributed by atoms with Gasteiger partial charge in [-0.15, -0.1) is 0 Å². The minimum Gasteiger partial charge on any atom is -0.387 e. The van der Waals surface area contributed by atoms with Gasteiger partial charge in [0.2, 0.25) is 5.91 Å². The number of allylic oxidation sites excluding steroid dienone is 11. The summed E-state index contributed by atoms with van der Waals surface area (Å²) >= 11 is 0. The van der Waals surface area contributed by atoms with Crippen molar-refractivity contribution in [2.24, 2.45) is 0 Å². The molecule has 1 amide bonds. The first-order valence-corrected chi connectivity index (χ1v) is 16.7. The standard InChI is InChI=1S/C33H55NO5S/c1-3-5-7-9-11-13-15-17-19-21-23-25-27-29-33(36)34-31(30-40(37,38)39)32(35)28-26-24-22-20-18-16-14-12-10-8-6-4-2/h5,7,10-13,17-20,26,28,31-32,35H,3-4,6,8-9,14-16,21-25,27,29-30H2,1-2H3,(H,34,36)(H,37,38,39)/b7-5-,12-10+,13-11-,19-17-,20-18+,28-26+. The SMILES string of the molecule is CC/C=C\C/C=C\C/C=C\CCCCCC(=O)NC(CS(=O)(=O)O)C(O)/C=C/CC/C=C/CC/C=C/CCCC. The summed E-state index contributed by atoms with van der Waals surface area (Å²) in [5.74, 6) is -1.06. The lowest BCUT2D eigenvalue weighted by Crippen LogP contribution is -2.46. The van der Waals surface area contributed by atoms with E-state index in [4.69, 9.17) is 0 Å². The summed E-state index contributed by atoms with van der Waals surface area (Å²) in [6, 6.07) is -1.10. The lowest BCUT2D eigenvalue weighted by molar-refractivity contribution is -0.122. The first kappa shape index (κ1) is 37.8. The van der Waals surface area contributed by atoms with Crippen LogP contribution in [0.15, 0.2) is 72.9 Å². The average Bonchev–Trinajstić information content (AvgIpc) is 2.90. The fourth-order valence-corrected chi connectivity index (χ4v) is 4.56. The summed E-state index contributed by atoms with van der Waals surface area (Å²) in [6.07, 6.45) is 37.4. The van der Waals surface area contributed by atoms with Gasteiger partial charge in [-0.3, -0.25) is 9.35 Å². The van der Waals surface area contributed by atoms with E-state index in [-0.39, 0.29) is 12.3 Å². The third-order valence-electron chi connectivity index (χ3n) is 6.09. The molecule has 0 rings (SSSR count). The number of nitrogens with one attached hydrogen (secondary N) is 1. The molecule has 0 aromatic rings. The maximum absolute atomic E-state index is 12.4. The topological polar surface area (TPSA) is 104 Å². The lowest BCUT2D eigenvalue weighted by atomic mass is 10.1. The van der Waals surface area contributed by atoms with E-state index in [2.05, 4.69) is 79.9 Å². The number of unbranched alkanes of at least 4 members (excludes halogenated alkanes) is 7. The van der Waals surface area contributed by atoms with Gasteiger partial charge in [-0.1, -0.05) is 106 Å². The van der Waals surface area contributed by atoms with Crippen molar-refractivity contribution in [2.75, 3.05) is 5.75 Å². The van der Waals surface area contributed by atoms with Gasteiger partial charge >= 0.3 is 0 Å². The van der Waals surface area contributed by atoms with Crippen LogP contribution in [0.5, 0.6) is 0 Å². The highest BCUT2D eigenvalue weighted by Gasteiger charge is 2.24. The smallest absolute Gasteiger partial charge is 0.267 e. The highest BCUT2D eigenvalue weighted by molar-refractivity contribution is 7.85. The zero-order valence-corrected chi connectivity index (χ0v) is 25.7. The molecule has 0 aliphatic rings. The second-order valence-electron chi connectivity index (χ2n) is 9.97. The first-order chi connectivity index (χ1) is 19.3.